The number of ether oxygens (including phenoxy) is 3. The molecule has 2 saturated heterocycles. The summed E-state index contributed by atoms with van der Waals surface area (Å²) in [5, 5.41) is 13.3. The first-order valence-corrected chi connectivity index (χ1v) is 13.3. The van der Waals surface area contributed by atoms with Gasteiger partial charge in [0.15, 0.2) is 6.10 Å². The molecule has 4 heterocycles. The van der Waals surface area contributed by atoms with Crippen molar-refractivity contribution in [2.24, 2.45) is 0 Å². The normalized spacial score (nSPS) is 22.8. The quantitative estimate of drug-likeness (QED) is 0.286. The maximum absolute atomic E-state index is 12.0. The summed E-state index contributed by atoms with van der Waals surface area (Å²) in [6, 6.07) is 16.1. The highest BCUT2D eigenvalue weighted by Gasteiger charge is 2.58. The number of aromatic amines is 1. The van der Waals surface area contributed by atoms with Gasteiger partial charge in [0.25, 0.3) is 0 Å². The topological polar surface area (TPSA) is 101 Å². The van der Waals surface area contributed by atoms with E-state index in [1.54, 1.807) is 24.4 Å². The second-order valence-corrected chi connectivity index (χ2v) is 11.1. The van der Waals surface area contributed by atoms with Crippen LogP contribution in [-0.2, 0) is 19.1 Å². The number of aliphatic hydroxyl groups excluding tert-OH is 1. The zero-order valence-electron chi connectivity index (χ0n) is 20.6. The summed E-state index contributed by atoms with van der Waals surface area (Å²) >= 11 is 1.85. The Morgan fingerprint density at radius 1 is 1.19 bits per heavy atom. The van der Waals surface area contributed by atoms with Gasteiger partial charge in [0.05, 0.1) is 0 Å². The average Bonchev–Trinajstić information content (AvgIpc) is 3.58. The molecule has 2 fully saturated rings. The van der Waals surface area contributed by atoms with Gasteiger partial charge in [0, 0.05) is 39.3 Å². The lowest BCUT2D eigenvalue weighted by atomic mass is 9.90. The Hall–Kier alpha value is -3.40. The molecule has 0 saturated carbocycles. The van der Waals surface area contributed by atoms with Gasteiger partial charge in [0.1, 0.15) is 5.75 Å². The molecular formula is C28H28N2O6S. The second-order valence-electron chi connectivity index (χ2n) is 9.95. The number of aryl methyl sites for hydroxylation is 1. The smallest absolute Gasteiger partial charge is 0.418 e. The summed E-state index contributed by atoms with van der Waals surface area (Å²) in [6.45, 7) is 5.08. The van der Waals surface area contributed by atoms with Crippen LogP contribution in [0.2, 0.25) is 0 Å². The lowest BCUT2D eigenvalue weighted by Crippen LogP contribution is -2.56. The van der Waals surface area contributed by atoms with Crippen molar-refractivity contribution in [3.63, 3.8) is 0 Å². The van der Waals surface area contributed by atoms with Gasteiger partial charge in [-0.3, -0.25) is 4.90 Å². The molecule has 4 aromatic rings. The fourth-order valence-corrected chi connectivity index (χ4v) is 6.66. The Kier molecular flexibility index (Phi) is 5.94. The Morgan fingerprint density at radius 2 is 2.00 bits per heavy atom. The SMILES string of the molecule is Cc1ccc2cc([C@@H]3CCN(C[C@H](O)C4(Oc5cccc6[nH]ccc56)OC(=O)C(=O)O4)[C@@H](C)C3)sc2c1. The first kappa shape index (κ1) is 24.0. The van der Waals surface area contributed by atoms with Crippen LogP contribution in [0.3, 0.4) is 0 Å². The van der Waals surface area contributed by atoms with Crippen molar-refractivity contribution in [3.05, 3.63) is 65.2 Å². The number of carbonyl (C=O) groups is 2. The number of aromatic nitrogens is 1. The van der Waals surface area contributed by atoms with Crippen LogP contribution in [0.5, 0.6) is 5.75 Å². The predicted molar refractivity (Wildman–Crippen MR) is 139 cm³/mol. The van der Waals surface area contributed by atoms with E-state index >= 15 is 0 Å². The van der Waals surface area contributed by atoms with E-state index in [9.17, 15) is 14.7 Å². The molecule has 2 aromatic carbocycles. The molecule has 0 bridgehead atoms. The fraction of sp³-hybridized carbons (Fsp3) is 0.357. The number of hydrogen-bond acceptors (Lipinski definition) is 8. The van der Waals surface area contributed by atoms with Gasteiger partial charge in [-0.25, -0.2) is 9.59 Å². The Bertz CT molecular complexity index is 1480. The Balaban J connectivity index is 1.19. The van der Waals surface area contributed by atoms with E-state index in [-0.39, 0.29) is 12.6 Å². The van der Waals surface area contributed by atoms with E-state index in [0.29, 0.717) is 17.1 Å². The van der Waals surface area contributed by atoms with E-state index in [4.69, 9.17) is 14.2 Å². The molecule has 2 aliphatic rings. The third-order valence-electron chi connectivity index (χ3n) is 7.37. The van der Waals surface area contributed by atoms with Crippen molar-refractivity contribution in [2.75, 3.05) is 13.1 Å². The third kappa shape index (κ3) is 4.37. The minimum absolute atomic E-state index is 0.114. The summed E-state index contributed by atoms with van der Waals surface area (Å²) in [5.74, 6) is -3.87. The van der Waals surface area contributed by atoms with Gasteiger partial charge in [-0.15, -0.1) is 11.3 Å². The number of thiophene rings is 1. The number of H-pyrrole nitrogens is 1. The molecule has 0 unspecified atom stereocenters. The number of benzene rings is 2. The van der Waals surface area contributed by atoms with Gasteiger partial charge in [-0.2, -0.15) is 0 Å². The fourth-order valence-electron chi connectivity index (χ4n) is 5.35. The molecule has 8 nitrogen and oxygen atoms in total. The highest BCUT2D eigenvalue weighted by molar-refractivity contribution is 7.19. The summed E-state index contributed by atoms with van der Waals surface area (Å²) < 4.78 is 17.8. The number of fused-ring (bicyclic) bond motifs is 2. The maximum Gasteiger partial charge on any atom is 0.451 e. The molecule has 3 atom stereocenters. The zero-order valence-corrected chi connectivity index (χ0v) is 21.4. The van der Waals surface area contributed by atoms with E-state index in [0.717, 1.165) is 24.9 Å². The minimum Gasteiger partial charge on any atom is -0.418 e. The average molecular weight is 521 g/mol. The van der Waals surface area contributed by atoms with Gasteiger partial charge < -0.3 is 24.3 Å². The van der Waals surface area contributed by atoms with Crippen molar-refractivity contribution in [1.82, 2.24) is 9.88 Å². The molecule has 6 rings (SSSR count). The van der Waals surface area contributed by atoms with Crippen molar-refractivity contribution in [1.29, 1.82) is 0 Å². The monoisotopic (exact) mass is 520 g/mol. The highest BCUT2D eigenvalue weighted by atomic mass is 32.1. The molecule has 2 aliphatic heterocycles. The number of cyclic esters (lactones) is 2. The van der Waals surface area contributed by atoms with Crippen LogP contribution in [0.4, 0.5) is 0 Å². The van der Waals surface area contributed by atoms with E-state index < -0.39 is 24.0 Å². The minimum atomic E-state index is -2.25. The van der Waals surface area contributed by atoms with Crippen molar-refractivity contribution < 1.29 is 28.9 Å². The van der Waals surface area contributed by atoms with Gasteiger partial charge in [-0.05, 0) is 80.4 Å². The van der Waals surface area contributed by atoms with Gasteiger partial charge >= 0.3 is 17.9 Å². The summed E-state index contributed by atoms with van der Waals surface area (Å²) in [6.07, 6.45) is 2.19. The number of carbonyl (C=O) groups excluding carboxylic acids is 2. The Morgan fingerprint density at radius 3 is 2.78 bits per heavy atom. The number of nitrogens with zero attached hydrogens (tertiary/aromatic N) is 1. The van der Waals surface area contributed by atoms with Gasteiger partial charge in [-0.1, -0.05) is 18.2 Å². The molecule has 37 heavy (non-hydrogen) atoms. The number of piperidine rings is 1. The summed E-state index contributed by atoms with van der Waals surface area (Å²) in [5.41, 5.74) is 2.06. The van der Waals surface area contributed by atoms with Crippen molar-refractivity contribution in [3.8, 4) is 5.75 Å². The van der Waals surface area contributed by atoms with Crippen LogP contribution in [0, 0.1) is 6.92 Å². The standard InChI is InChI=1S/C28H28N2O6S/c1-16-6-7-18-14-24(37-23(18)12-16)19-9-11-30(17(2)13-19)15-25(31)28(35-26(32)27(33)36-28)34-22-5-3-4-21-20(22)8-10-29-21/h3-8,10,12,14,17,19,25,29,31H,9,11,13,15H2,1-2H3/t17-,19+,25-/m0/s1. The van der Waals surface area contributed by atoms with Gasteiger partial charge in [0.2, 0.25) is 0 Å². The lowest BCUT2D eigenvalue weighted by molar-refractivity contribution is -0.319. The third-order valence-corrected chi connectivity index (χ3v) is 8.63. The number of aliphatic hydroxyl groups is 1. The molecule has 0 amide bonds. The van der Waals surface area contributed by atoms with E-state index in [1.807, 2.05) is 17.4 Å². The Labute approximate surface area is 217 Å². The van der Waals surface area contributed by atoms with Crippen LogP contribution >= 0.6 is 11.3 Å². The summed E-state index contributed by atoms with van der Waals surface area (Å²) in [7, 11) is 0. The molecular weight excluding hydrogens is 492 g/mol. The van der Waals surface area contributed by atoms with Crippen LogP contribution in [-0.4, -0.2) is 58.1 Å². The molecule has 9 heteroatoms. The molecule has 2 aromatic heterocycles. The van der Waals surface area contributed by atoms with E-state index in [2.05, 4.69) is 48.0 Å². The first-order chi connectivity index (χ1) is 17.8. The molecule has 0 radical (unpaired) electrons. The number of β-amino-alcohol motifs (C(OH)–C–C–N with tert-alkyl or cyclic N) is 1. The number of nitrogens with one attached hydrogen (secondary N) is 1. The number of esters is 2. The lowest BCUT2D eigenvalue weighted by Gasteiger charge is -2.40. The first-order valence-electron chi connectivity index (χ1n) is 12.4. The number of likely N-dealkylation sites (tertiary alicyclic amines) is 1. The van der Waals surface area contributed by atoms with Crippen LogP contribution in [0.25, 0.3) is 21.0 Å². The molecule has 0 aliphatic carbocycles. The largest absolute Gasteiger partial charge is 0.451 e. The maximum atomic E-state index is 12.0. The number of rotatable bonds is 6. The van der Waals surface area contributed by atoms with Crippen LogP contribution in [0.15, 0.2) is 54.7 Å². The van der Waals surface area contributed by atoms with Crippen molar-refractivity contribution in [2.45, 2.75) is 50.7 Å². The van der Waals surface area contributed by atoms with Crippen molar-refractivity contribution >= 4 is 44.3 Å². The molecule has 2 N–H and O–H groups in total. The molecule has 192 valence electrons. The predicted octanol–water partition coefficient (Wildman–Crippen LogP) is 4.45. The van der Waals surface area contributed by atoms with Crippen LogP contribution in [0.1, 0.15) is 36.1 Å². The highest BCUT2D eigenvalue weighted by Crippen LogP contribution is 2.39. The summed E-state index contributed by atoms with van der Waals surface area (Å²) in [4.78, 5) is 30.7. The zero-order chi connectivity index (χ0) is 25.7. The number of hydrogen-bond donors (Lipinski definition) is 2. The van der Waals surface area contributed by atoms with Crippen LogP contribution < -0.4 is 4.74 Å². The molecule has 0 spiro atoms. The second kappa shape index (κ2) is 9.16. The van der Waals surface area contributed by atoms with E-state index in [1.165, 1.54) is 20.5 Å².